The first kappa shape index (κ1) is 32.3. The van der Waals surface area contributed by atoms with Gasteiger partial charge >= 0.3 is 223 Å². The van der Waals surface area contributed by atoms with Gasteiger partial charge in [-0.2, -0.15) is 0 Å². The first-order valence-electron chi connectivity index (χ1n) is 14.0. The summed E-state index contributed by atoms with van der Waals surface area (Å²) in [6, 6.07) is 10.2. The Morgan fingerprint density at radius 2 is 0.919 bits per heavy atom. The van der Waals surface area contributed by atoms with Crippen LogP contribution in [0, 0.1) is 0 Å². The first-order chi connectivity index (χ1) is 16.6. The van der Waals surface area contributed by atoms with Gasteiger partial charge in [0.2, 0.25) is 0 Å². The van der Waals surface area contributed by atoms with Crippen molar-refractivity contribution in [3.05, 3.63) is 79.9 Å². The molecule has 2 aromatic carbocycles. The van der Waals surface area contributed by atoms with Crippen molar-refractivity contribution in [3.63, 3.8) is 0 Å². The fourth-order valence-electron chi connectivity index (χ4n) is 5.87. The minimum Gasteiger partial charge on any atom is -1.00 e. The Labute approximate surface area is 247 Å². The quantitative estimate of drug-likeness (QED) is 0.429. The molecule has 2 aromatic rings. The van der Waals surface area contributed by atoms with Crippen molar-refractivity contribution in [1.82, 2.24) is 0 Å². The maximum Gasteiger partial charge on any atom is -1.00 e. The summed E-state index contributed by atoms with van der Waals surface area (Å²) in [6.45, 7) is 23.6. The molecular weight excluding hydrogens is 530 g/mol. The van der Waals surface area contributed by atoms with Crippen LogP contribution in [0.1, 0.15) is 160 Å². The third-order valence-corrected chi connectivity index (χ3v) is 11.0. The van der Waals surface area contributed by atoms with Crippen LogP contribution in [0.15, 0.2) is 35.4 Å². The van der Waals surface area contributed by atoms with E-state index in [0.717, 1.165) is 12.8 Å². The second-order valence-electron chi connectivity index (χ2n) is 11.9. The SMILES string of the molecule is CCC1=Cc2c(C(C)C)cc(C(C)C)cc2[CH]1[V+2][CH]1C(CC)=Cc2c(C(C)C)cc(C(C)C)cc21.[Cl-].[Cl-]. The van der Waals surface area contributed by atoms with Crippen LogP contribution >= 0.6 is 0 Å². The Bertz CT molecular complexity index is 1080. The van der Waals surface area contributed by atoms with E-state index in [2.05, 4.69) is 106 Å². The van der Waals surface area contributed by atoms with Crippen LogP contribution in [0.3, 0.4) is 0 Å². The van der Waals surface area contributed by atoms with E-state index < -0.39 is 0 Å². The molecule has 0 radical (unpaired) electrons. The van der Waals surface area contributed by atoms with Crippen molar-refractivity contribution < 1.29 is 41.1 Å². The number of fused-ring (bicyclic) bond motifs is 2. The molecule has 2 aliphatic carbocycles. The normalized spacial score (nSPS) is 17.9. The molecule has 4 rings (SSSR count). The van der Waals surface area contributed by atoms with E-state index in [1.165, 1.54) is 11.1 Å². The maximum atomic E-state index is 2.59. The summed E-state index contributed by atoms with van der Waals surface area (Å²) < 4.78 is 1.25. The molecular formula is C34H46Cl2V. The molecule has 0 nitrogen and oxygen atoms in total. The Balaban J connectivity index is 0.00000241. The number of allylic oxidation sites excluding steroid dienone is 2. The molecule has 37 heavy (non-hydrogen) atoms. The minimum absolute atomic E-state index is 0. The standard InChI is InChI=1S/2C17H23.2ClH.V/c2*1-6-13-7-15-9-14(11(2)3)10-16(12(4)5)17(15)8-13;;;/h2*7-12H,6H2,1-5H3;2*1H;/q;;;;+2/p-2. The van der Waals surface area contributed by atoms with Gasteiger partial charge in [-0.3, -0.25) is 0 Å². The van der Waals surface area contributed by atoms with Crippen molar-refractivity contribution >= 4 is 12.2 Å². The van der Waals surface area contributed by atoms with E-state index in [9.17, 15) is 0 Å². The van der Waals surface area contributed by atoms with E-state index in [1.807, 2.05) is 0 Å². The van der Waals surface area contributed by atoms with Crippen LogP contribution in [0.4, 0.5) is 0 Å². The Morgan fingerprint density at radius 1 is 0.568 bits per heavy atom. The van der Waals surface area contributed by atoms with E-state index in [4.69, 9.17) is 0 Å². The molecule has 2 atom stereocenters. The molecule has 0 saturated heterocycles. The molecule has 201 valence electrons. The number of rotatable bonds is 8. The van der Waals surface area contributed by atoms with Gasteiger partial charge in [0.15, 0.2) is 0 Å². The molecule has 3 heteroatoms. The van der Waals surface area contributed by atoms with Crippen LogP contribution in [0.2, 0.25) is 0 Å². The molecule has 0 bridgehead atoms. The zero-order chi connectivity index (χ0) is 25.6. The number of hydrogen-bond donors (Lipinski definition) is 0. The third-order valence-electron chi connectivity index (χ3n) is 8.18. The molecule has 0 heterocycles. The second-order valence-corrected chi connectivity index (χ2v) is 14.0. The van der Waals surface area contributed by atoms with Crippen LogP contribution in [-0.4, -0.2) is 0 Å². The smallest absolute Gasteiger partial charge is 1.00 e. The van der Waals surface area contributed by atoms with Gasteiger partial charge < -0.3 is 24.8 Å². The molecule has 0 spiro atoms. The van der Waals surface area contributed by atoms with E-state index in [0.29, 0.717) is 32.9 Å². The zero-order valence-electron chi connectivity index (χ0n) is 24.5. The van der Waals surface area contributed by atoms with Crippen LogP contribution < -0.4 is 24.8 Å². The fourth-order valence-corrected chi connectivity index (χ4v) is 8.91. The molecule has 0 amide bonds. The Morgan fingerprint density at radius 3 is 1.19 bits per heavy atom. The van der Waals surface area contributed by atoms with Gasteiger partial charge in [0.05, 0.1) is 0 Å². The van der Waals surface area contributed by atoms with Crippen molar-refractivity contribution in [3.8, 4) is 0 Å². The van der Waals surface area contributed by atoms with Gasteiger partial charge in [-0.25, -0.2) is 0 Å². The summed E-state index contributed by atoms with van der Waals surface area (Å²) in [6.07, 6.45) is 7.50. The van der Waals surface area contributed by atoms with Gasteiger partial charge in [0.25, 0.3) is 0 Å². The Kier molecular flexibility index (Phi) is 11.3. The first-order valence-corrected chi connectivity index (χ1v) is 15.6. The van der Waals surface area contributed by atoms with Gasteiger partial charge in [0.1, 0.15) is 0 Å². The third kappa shape index (κ3) is 6.14. The van der Waals surface area contributed by atoms with Gasteiger partial charge in [-0.05, 0) is 0 Å². The average molecular weight is 577 g/mol. The Hall–Kier alpha value is -0.916. The molecule has 0 aliphatic heterocycles. The molecule has 2 unspecified atom stereocenters. The fraction of sp³-hybridized carbons (Fsp3) is 0.529. The average Bonchev–Trinajstić information content (AvgIpc) is 3.35. The van der Waals surface area contributed by atoms with Crippen molar-refractivity contribution in [2.45, 2.75) is 115 Å². The summed E-state index contributed by atoms with van der Waals surface area (Å²) >= 11 is 0.0755. The van der Waals surface area contributed by atoms with Crippen molar-refractivity contribution in [2.24, 2.45) is 0 Å². The number of halogens is 2. The molecule has 2 aliphatic rings. The number of benzene rings is 2. The van der Waals surface area contributed by atoms with Gasteiger partial charge in [-0.15, -0.1) is 0 Å². The second kappa shape index (κ2) is 13.0. The summed E-state index contributed by atoms with van der Waals surface area (Å²) in [4.78, 5) is 0. The van der Waals surface area contributed by atoms with E-state index >= 15 is 0 Å². The predicted molar refractivity (Wildman–Crippen MR) is 151 cm³/mol. The monoisotopic (exact) mass is 575 g/mol. The molecule has 0 aromatic heterocycles. The predicted octanol–water partition coefficient (Wildman–Crippen LogP) is 4.67. The molecule has 0 saturated carbocycles. The van der Waals surface area contributed by atoms with Crippen LogP contribution in [0.5, 0.6) is 0 Å². The minimum atomic E-state index is 0. The molecule has 0 fully saturated rings. The van der Waals surface area contributed by atoms with E-state index in [-0.39, 0.29) is 41.1 Å². The van der Waals surface area contributed by atoms with Crippen molar-refractivity contribution in [1.29, 1.82) is 0 Å². The summed E-state index contributed by atoms with van der Waals surface area (Å²) in [5, 5.41) is 0. The van der Waals surface area contributed by atoms with Gasteiger partial charge in [-0.1, -0.05) is 0 Å². The van der Waals surface area contributed by atoms with Crippen molar-refractivity contribution in [2.75, 3.05) is 0 Å². The van der Waals surface area contributed by atoms with Crippen LogP contribution in [0.25, 0.3) is 12.2 Å². The van der Waals surface area contributed by atoms with Gasteiger partial charge in [0, 0.05) is 0 Å². The summed E-state index contributed by atoms with van der Waals surface area (Å²) in [5.41, 5.74) is 15.9. The topological polar surface area (TPSA) is 0 Å². The maximum absolute atomic E-state index is 2.59. The summed E-state index contributed by atoms with van der Waals surface area (Å²) in [7, 11) is 0. The molecule has 0 N–H and O–H groups in total. The van der Waals surface area contributed by atoms with Crippen LogP contribution in [-0.2, 0) is 16.3 Å². The number of hydrogen-bond acceptors (Lipinski definition) is 0. The largest absolute Gasteiger partial charge is 1.00 e. The van der Waals surface area contributed by atoms with E-state index in [1.54, 1.807) is 44.5 Å². The summed E-state index contributed by atoms with van der Waals surface area (Å²) in [5.74, 6) is 2.27. The zero-order valence-corrected chi connectivity index (χ0v) is 27.5.